The molecule has 0 bridgehead atoms. The molecule has 2 N–H and O–H groups in total. The molecule has 1 heterocycles. The number of anilines is 1. The molecule has 6 nitrogen and oxygen atoms in total. The maximum absolute atomic E-state index is 13.6. The minimum atomic E-state index is -4.85. The minimum Gasteiger partial charge on any atom is -0.493 e. The van der Waals surface area contributed by atoms with Crippen LogP contribution in [0.4, 0.5) is 28.0 Å². The van der Waals surface area contributed by atoms with E-state index < -0.39 is 23.6 Å². The summed E-state index contributed by atoms with van der Waals surface area (Å²) in [7, 11) is 3.22. The number of fused-ring (bicyclic) bond motifs is 1. The fraction of sp³-hybridized carbons (Fsp3) is 0.519. The number of alkyl halides is 3. The van der Waals surface area contributed by atoms with Crippen LogP contribution in [0.5, 0.6) is 11.5 Å². The Morgan fingerprint density at radius 1 is 1.11 bits per heavy atom. The zero-order chi connectivity index (χ0) is 26.8. The van der Waals surface area contributed by atoms with Crippen LogP contribution in [0.1, 0.15) is 50.2 Å². The van der Waals surface area contributed by atoms with Crippen LogP contribution < -0.4 is 20.1 Å². The largest absolute Gasteiger partial charge is 0.493 e. The van der Waals surface area contributed by atoms with Gasteiger partial charge in [0.15, 0.2) is 11.5 Å². The molecule has 2 aliphatic rings. The molecule has 1 aliphatic carbocycles. The van der Waals surface area contributed by atoms with Crippen molar-refractivity contribution in [3.63, 3.8) is 0 Å². The van der Waals surface area contributed by atoms with E-state index in [1.54, 1.807) is 14.2 Å². The fourth-order valence-corrected chi connectivity index (χ4v) is 5.99. The minimum absolute atomic E-state index is 0.0953. The van der Waals surface area contributed by atoms with Crippen LogP contribution in [-0.4, -0.2) is 50.3 Å². The first-order chi connectivity index (χ1) is 17.6. The Bertz CT molecular complexity index is 1130. The average molecular weight is 524 g/mol. The number of hydrogen-bond acceptors (Lipinski definition) is 4. The van der Waals surface area contributed by atoms with Gasteiger partial charge >= 0.3 is 12.2 Å². The standard InChI is InChI=1S/C27H33F4N3O3/c1-4-12-34-13-11-26(17-5-8-22(36-2)23(14-17)37-3)10-9-19(16-24(26)34)33-25(35)32-18-6-7-21(28)20(15-18)27(29,30)31/h5-8,14-15,19,24H,4,9-13,16H2,1-3H3,(H2,32,33,35)/t19-,24+,26-/m0/s1. The summed E-state index contributed by atoms with van der Waals surface area (Å²) in [6.45, 7) is 4.02. The first-order valence-corrected chi connectivity index (χ1v) is 12.5. The van der Waals surface area contributed by atoms with Gasteiger partial charge < -0.3 is 20.1 Å². The zero-order valence-electron chi connectivity index (χ0n) is 21.3. The molecule has 2 aromatic rings. The van der Waals surface area contributed by atoms with E-state index in [9.17, 15) is 22.4 Å². The molecule has 2 fully saturated rings. The highest BCUT2D eigenvalue weighted by molar-refractivity contribution is 5.89. The molecule has 3 atom stereocenters. The number of nitrogens with one attached hydrogen (secondary N) is 2. The van der Waals surface area contributed by atoms with Gasteiger partial charge in [0, 0.05) is 23.2 Å². The summed E-state index contributed by atoms with van der Waals surface area (Å²) in [5, 5.41) is 5.36. The third-order valence-electron chi connectivity index (χ3n) is 7.70. The average Bonchev–Trinajstić information content (AvgIpc) is 3.23. The van der Waals surface area contributed by atoms with Crippen molar-refractivity contribution in [1.29, 1.82) is 0 Å². The summed E-state index contributed by atoms with van der Waals surface area (Å²) in [6.07, 6.45) is -0.590. The van der Waals surface area contributed by atoms with Gasteiger partial charge in [0.25, 0.3) is 0 Å². The molecule has 10 heteroatoms. The van der Waals surface area contributed by atoms with Crippen LogP contribution in [0.2, 0.25) is 0 Å². The number of carbonyl (C=O) groups excluding carboxylic acids is 1. The molecule has 4 rings (SSSR count). The summed E-state index contributed by atoms with van der Waals surface area (Å²) >= 11 is 0. The van der Waals surface area contributed by atoms with Gasteiger partial charge in [-0.1, -0.05) is 13.0 Å². The highest BCUT2D eigenvalue weighted by Crippen LogP contribution is 2.50. The Labute approximate surface area is 214 Å². The number of benzene rings is 2. The number of ether oxygens (including phenoxy) is 2. The Morgan fingerprint density at radius 3 is 2.54 bits per heavy atom. The summed E-state index contributed by atoms with van der Waals surface area (Å²) in [6, 6.07) is 7.93. The van der Waals surface area contributed by atoms with Gasteiger partial charge in [0.05, 0.1) is 19.8 Å². The molecule has 37 heavy (non-hydrogen) atoms. The SMILES string of the molecule is CCCN1CC[C@]2(c3ccc(OC)c(OC)c3)CC[C@H](NC(=O)Nc3ccc(F)c(C(F)(F)F)c3)C[C@@H]12. The van der Waals surface area contributed by atoms with E-state index in [0.29, 0.717) is 30.1 Å². The fourth-order valence-electron chi connectivity index (χ4n) is 5.99. The van der Waals surface area contributed by atoms with E-state index in [1.807, 2.05) is 6.07 Å². The van der Waals surface area contributed by atoms with Crippen LogP contribution in [0.3, 0.4) is 0 Å². The Balaban J connectivity index is 1.50. The van der Waals surface area contributed by atoms with Crippen molar-refractivity contribution in [3.05, 3.63) is 53.3 Å². The van der Waals surface area contributed by atoms with E-state index in [4.69, 9.17) is 9.47 Å². The van der Waals surface area contributed by atoms with Crippen LogP contribution in [0, 0.1) is 5.82 Å². The van der Waals surface area contributed by atoms with Gasteiger partial charge in [0.1, 0.15) is 5.82 Å². The second-order valence-electron chi connectivity index (χ2n) is 9.79. The number of amides is 2. The van der Waals surface area contributed by atoms with Crippen molar-refractivity contribution in [2.45, 2.75) is 62.7 Å². The van der Waals surface area contributed by atoms with Crippen LogP contribution in [0.25, 0.3) is 0 Å². The monoisotopic (exact) mass is 523 g/mol. The Morgan fingerprint density at radius 2 is 1.86 bits per heavy atom. The molecule has 0 spiro atoms. The van der Waals surface area contributed by atoms with Crippen molar-refractivity contribution in [2.24, 2.45) is 0 Å². The predicted molar refractivity (Wildman–Crippen MR) is 133 cm³/mol. The normalized spacial score (nSPS) is 23.9. The van der Waals surface area contributed by atoms with Gasteiger partial charge in [-0.3, -0.25) is 4.90 Å². The number of likely N-dealkylation sites (tertiary alicyclic amines) is 1. The van der Waals surface area contributed by atoms with Gasteiger partial charge in [-0.15, -0.1) is 0 Å². The lowest BCUT2D eigenvalue weighted by molar-refractivity contribution is -0.139. The van der Waals surface area contributed by atoms with Crippen LogP contribution in [-0.2, 0) is 11.6 Å². The molecule has 202 valence electrons. The van der Waals surface area contributed by atoms with Crippen molar-refractivity contribution in [1.82, 2.24) is 10.2 Å². The van der Waals surface area contributed by atoms with Crippen molar-refractivity contribution in [2.75, 3.05) is 32.6 Å². The first-order valence-electron chi connectivity index (χ1n) is 12.5. The highest BCUT2D eigenvalue weighted by Gasteiger charge is 2.51. The third kappa shape index (κ3) is 5.49. The molecule has 1 aliphatic heterocycles. The van der Waals surface area contributed by atoms with Crippen molar-refractivity contribution in [3.8, 4) is 11.5 Å². The maximum Gasteiger partial charge on any atom is 0.419 e. The van der Waals surface area contributed by atoms with E-state index >= 15 is 0 Å². The number of methoxy groups -OCH3 is 2. The van der Waals surface area contributed by atoms with E-state index in [-0.39, 0.29) is 23.2 Å². The van der Waals surface area contributed by atoms with Gasteiger partial charge in [-0.2, -0.15) is 13.2 Å². The maximum atomic E-state index is 13.6. The molecular formula is C27H33F4N3O3. The molecule has 0 unspecified atom stereocenters. The molecular weight excluding hydrogens is 490 g/mol. The summed E-state index contributed by atoms with van der Waals surface area (Å²) < 4.78 is 63.7. The van der Waals surface area contributed by atoms with Crippen molar-refractivity contribution < 1.29 is 31.8 Å². The molecule has 0 aromatic heterocycles. The second-order valence-corrected chi connectivity index (χ2v) is 9.79. The third-order valence-corrected chi connectivity index (χ3v) is 7.70. The lowest BCUT2D eigenvalue weighted by atomic mass is 9.65. The quantitative estimate of drug-likeness (QED) is 0.440. The molecule has 2 aromatic carbocycles. The van der Waals surface area contributed by atoms with E-state index in [1.165, 1.54) is 5.56 Å². The lowest BCUT2D eigenvalue weighted by Gasteiger charge is -2.45. The number of nitrogens with zero attached hydrogens (tertiary/aromatic N) is 1. The van der Waals surface area contributed by atoms with Gasteiger partial charge in [-0.25, -0.2) is 9.18 Å². The first kappa shape index (κ1) is 27.0. The van der Waals surface area contributed by atoms with Crippen LogP contribution in [0.15, 0.2) is 36.4 Å². The number of rotatable bonds is 7. The van der Waals surface area contributed by atoms with Gasteiger partial charge in [-0.05, 0) is 81.1 Å². The van der Waals surface area contributed by atoms with E-state index in [2.05, 4.69) is 34.6 Å². The smallest absolute Gasteiger partial charge is 0.419 e. The predicted octanol–water partition coefficient (Wildman–Crippen LogP) is 5.96. The molecule has 0 radical (unpaired) electrons. The summed E-state index contributed by atoms with van der Waals surface area (Å²) in [5.41, 5.74) is -0.441. The number of urea groups is 1. The van der Waals surface area contributed by atoms with Crippen LogP contribution >= 0.6 is 0 Å². The van der Waals surface area contributed by atoms with Crippen molar-refractivity contribution >= 4 is 11.7 Å². The zero-order valence-corrected chi connectivity index (χ0v) is 21.3. The van der Waals surface area contributed by atoms with E-state index in [0.717, 1.165) is 44.8 Å². The highest BCUT2D eigenvalue weighted by atomic mass is 19.4. The van der Waals surface area contributed by atoms with Gasteiger partial charge in [0.2, 0.25) is 0 Å². The Hall–Kier alpha value is -3.01. The second kappa shape index (κ2) is 10.8. The molecule has 2 amide bonds. The lowest BCUT2D eigenvalue weighted by Crippen LogP contribution is -2.53. The molecule has 1 saturated carbocycles. The number of hydrogen-bond donors (Lipinski definition) is 2. The molecule has 1 saturated heterocycles. The summed E-state index contributed by atoms with van der Waals surface area (Å²) in [4.78, 5) is 15.2. The Kier molecular flexibility index (Phi) is 7.87. The summed E-state index contributed by atoms with van der Waals surface area (Å²) in [5.74, 6) is -0.0298. The topological polar surface area (TPSA) is 62.8 Å². The number of halogens is 4. The number of carbonyl (C=O) groups is 1.